The molecule has 1 saturated heterocycles. The zero-order valence-electron chi connectivity index (χ0n) is 26.7. The molecule has 0 bridgehead atoms. The maximum absolute atomic E-state index is 11.5. The molecule has 1 aliphatic heterocycles. The first-order valence-electron chi connectivity index (χ1n) is 14.3. The summed E-state index contributed by atoms with van der Waals surface area (Å²) in [5.41, 5.74) is 9.66. The average molecular weight is 568 g/mol. The third-order valence-corrected chi connectivity index (χ3v) is 5.84. The number of carbonyl (C=O) groups is 1. The van der Waals surface area contributed by atoms with Crippen LogP contribution in [0.1, 0.15) is 46.7 Å². The standard InChI is InChI=1S/C26H35N7O.C2H6O.2C2H6/c1-19-15-33(25-10-6-9-24(13-27)30-25)17-22(19)14-29-26(28-2)31-23-8-5-7-21(18-34)20(11-12-23)16-32(3)4;1-3-2;2*1-2/h5-6,8-12,14,18-19,23H,2,7,13,15-17,27H2,1,3-4H3,(H,29,31);1-2H3;2*1-2H3/b8-5-,12-11?,21-20-,22-14+;;;. The number of pyridine rings is 1. The molecule has 9 nitrogen and oxygen atoms in total. The third kappa shape index (κ3) is 13.7. The fraction of sp³-hybridized carbons (Fsp3) is 0.500. The molecule has 0 saturated carbocycles. The smallest absolute Gasteiger partial charge is 0.222 e. The summed E-state index contributed by atoms with van der Waals surface area (Å²) in [4.78, 5) is 29.2. The molecule has 9 heteroatoms. The normalized spacial score (nSPS) is 21.8. The molecule has 0 radical (unpaired) electrons. The van der Waals surface area contributed by atoms with E-state index in [1.807, 2.05) is 95.4 Å². The number of guanidine groups is 1. The molecular weight excluding hydrogens is 514 g/mol. The largest absolute Gasteiger partial charge is 0.388 e. The Morgan fingerprint density at radius 3 is 2.51 bits per heavy atom. The van der Waals surface area contributed by atoms with Crippen molar-refractivity contribution in [1.82, 2.24) is 15.2 Å². The Labute approximate surface area is 248 Å². The molecule has 1 aliphatic carbocycles. The number of aliphatic imine (C=N–C) groups is 2. The monoisotopic (exact) mass is 567 g/mol. The van der Waals surface area contributed by atoms with Crippen molar-refractivity contribution in [3.63, 3.8) is 0 Å². The van der Waals surface area contributed by atoms with Gasteiger partial charge in [-0.3, -0.25) is 4.79 Å². The quantitative estimate of drug-likeness (QED) is 0.211. The van der Waals surface area contributed by atoms with E-state index in [0.29, 0.717) is 31.4 Å². The number of ether oxygens (including phenoxy) is 1. The van der Waals surface area contributed by atoms with Crippen molar-refractivity contribution in [3.8, 4) is 0 Å². The molecule has 2 heterocycles. The lowest BCUT2D eigenvalue weighted by Crippen LogP contribution is -2.21. The molecule has 1 fully saturated rings. The molecule has 3 N–H and O–H groups in total. The van der Waals surface area contributed by atoms with E-state index in [2.05, 4.69) is 38.6 Å². The lowest BCUT2D eigenvalue weighted by molar-refractivity contribution is -0.105. The maximum atomic E-state index is 11.5. The van der Waals surface area contributed by atoms with Crippen LogP contribution < -0.4 is 16.0 Å². The molecule has 0 amide bonds. The predicted octanol–water partition coefficient (Wildman–Crippen LogP) is 4.78. The number of nitrogens with two attached hydrogens (primary N) is 1. The number of rotatable bonds is 7. The van der Waals surface area contributed by atoms with Gasteiger partial charge in [-0.1, -0.05) is 65.0 Å². The van der Waals surface area contributed by atoms with E-state index >= 15 is 0 Å². The Hall–Kier alpha value is -3.40. The van der Waals surface area contributed by atoms with E-state index in [1.54, 1.807) is 14.2 Å². The number of aromatic nitrogens is 1. The van der Waals surface area contributed by atoms with Crippen molar-refractivity contribution in [2.75, 3.05) is 52.8 Å². The zero-order chi connectivity index (χ0) is 31.2. The molecule has 0 spiro atoms. The predicted molar refractivity (Wildman–Crippen MR) is 176 cm³/mol. The number of aldehydes is 1. The molecule has 1 aromatic rings. The molecule has 2 atom stereocenters. The fourth-order valence-electron chi connectivity index (χ4n) is 3.99. The highest BCUT2D eigenvalue weighted by molar-refractivity contribution is 5.85. The average Bonchev–Trinajstić information content (AvgIpc) is 3.36. The lowest BCUT2D eigenvalue weighted by Gasteiger charge is -2.17. The van der Waals surface area contributed by atoms with Crippen LogP contribution in [0.4, 0.5) is 5.82 Å². The first-order chi connectivity index (χ1) is 19.8. The molecule has 41 heavy (non-hydrogen) atoms. The van der Waals surface area contributed by atoms with Crippen LogP contribution in [0.15, 0.2) is 75.4 Å². The van der Waals surface area contributed by atoms with Gasteiger partial charge in [-0.2, -0.15) is 0 Å². The van der Waals surface area contributed by atoms with Crippen molar-refractivity contribution in [1.29, 1.82) is 0 Å². The van der Waals surface area contributed by atoms with Crippen molar-refractivity contribution in [2.45, 2.75) is 53.6 Å². The summed E-state index contributed by atoms with van der Waals surface area (Å²) >= 11 is 0. The summed E-state index contributed by atoms with van der Waals surface area (Å²) in [6.07, 6.45) is 11.4. The van der Waals surface area contributed by atoms with Gasteiger partial charge in [0.1, 0.15) is 12.1 Å². The molecule has 0 aromatic carbocycles. The Morgan fingerprint density at radius 2 is 1.93 bits per heavy atom. The molecular formula is C32H53N7O2. The number of hydrogen-bond acceptors (Lipinski definition) is 7. The van der Waals surface area contributed by atoms with Gasteiger partial charge in [0, 0.05) is 52.2 Å². The van der Waals surface area contributed by atoms with Crippen LogP contribution in [0.5, 0.6) is 0 Å². The van der Waals surface area contributed by atoms with Crippen LogP contribution in [0.2, 0.25) is 0 Å². The van der Waals surface area contributed by atoms with Crippen LogP contribution >= 0.6 is 0 Å². The highest BCUT2D eigenvalue weighted by Crippen LogP contribution is 2.26. The van der Waals surface area contributed by atoms with Gasteiger partial charge in [-0.05, 0) is 56.4 Å². The van der Waals surface area contributed by atoms with Gasteiger partial charge in [0.25, 0.3) is 0 Å². The van der Waals surface area contributed by atoms with E-state index in [4.69, 9.17) is 10.7 Å². The van der Waals surface area contributed by atoms with Crippen molar-refractivity contribution in [2.24, 2.45) is 21.6 Å². The Bertz CT molecular complexity index is 1060. The second-order valence-electron chi connectivity index (χ2n) is 9.24. The van der Waals surface area contributed by atoms with Gasteiger partial charge in [0.15, 0.2) is 0 Å². The number of allylic oxidation sites excluding steroid dienone is 2. The van der Waals surface area contributed by atoms with Gasteiger partial charge in [0.05, 0.1) is 11.7 Å². The van der Waals surface area contributed by atoms with Crippen molar-refractivity contribution >= 4 is 24.8 Å². The Morgan fingerprint density at radius 1 is 1.24 bits per heavy atom. The highest BCUT2D eigenvalue weighted by atomic mass is 16.4. The summed E-state index contributed by atoms with van der Waals surface area (Å²) in [6, 6.07) is 5.76. The number of methoxy groups -OCH3 is 1. The maximum Gasteiger partial charge on any atom is 0.222 e. The van der Waals surface area contributed by atoms with Crippen LogP contribution in [-0.2, 0) is 16.1 Å². The number of anilines is 1. The number of likely N-dealkylation sites (N-methyl/N-ethyl adjacent to an activating group) is 1. The van der Waals surface area contributed by atoms with Gasteiger partial charge in [-0.15, -0.1) is 0 Å². The fourth-order valence-corrected chi connectivity index (χ4v) is 3.99. The Kier molecular flexibility index (Phi) is 20.5. The zero-order valence-corrected chi connectivity index (χ0v) is 26.7. The topological polar surface area (TPSA) is 108 Å². The van der Waals surface area contributed by atoms with E-state index in [-0.39, 0.29) is 6.04 Å². The van der Waals surface area contributed by atoms with E-state index in [0.717, 1.165) is 42.0 Å². The number of carbonyl (C=O) groups excluding carboxylic acids is 1. The summed E-state index contributed by atoms with van der Waals surface area (Å²) in [6.45, 7) is 16.7. The van der Waals surface area contributed by atoms with E-state index < -0.39 is 0 Å². The second kappa shape index (κ2) is 22.3. The van der Waals surface area contributed by atoms with Crippen LogP contribution in [-0.4, -0.2) is 82.8 Å². The van der Waals surface area contributed by atoms with Gasteiger partial charge >= 0.3 is 0 Å². The summed E-state index contributed by atoms with van der Waals surface area (Å²) < 4.78 is 4.25. The minimum absolute atomic E-state index is 0.197. The molecule has 1 aromatic heterocycles. The second-order valence-corrected chi connectivity index (χ2v) is 9.24. The molecule has 2 aliphatic rings. The molecule has 3 rings (SSSR count). The minimum atomic E-state index is -0.197. The van der Waals surface area contributed by atoms with Gasteiger partial charge in [-0.25, -0.2) is 15.0 Å². The molecule has 228 valence electrons. The van der Waals surface area contributed by atoms with Crippen LogP contribution in [0, 0.1) is 5.92 Å². The summed E-state index contributed by atoms with van der Waals surface area (Å²) in [5, 5.41) is 3.23. The molecule has 2 unspecified atom stereocenters. The van der Waals surface area contributed by atoms with Crippen molar-refractivity contribution < 1.29 is 9.53 Å². The number of hydrogen-bond donors (Lipinski definition) is 2. The van der Waals surface area contributed by atoms with Gasteiger partial charge in [0.2, 0.25) is 5.96 Å². The van der Waals surface area contributed by atoms with Crippen LogP contribution in [0.3, 0.4) is 0 Å². The lowest BCUT2D eigenvalue weighted by atomic mass is 10.0. The number of nitrogens with zero attached hydrogens (tertiary/aromatic N) is 5. The number of nitrogens with one attached hydrogen (secondary N) is 1. The Balaban J connectivity index is 0.00000210. The first-order valence-corrected chi connectivity index (χ1v) is 14.3. The van der Waals surface area contributed by atoms with E-state index in [1.165, 1.54) is 5.57 Å². The third-order valence-electron chi connectivity index (χ3n) is 5.84. The SMILES string of the molecule is C=NC(=NC1C=C/C(CN(C)C)=C(/C=O)C/C=C\1)N/C=C1\CN(c2cccc(CN)n2)CC1C.CC.CC.COC. The minimum Gasteiger partial charge on any atom is -0.388 e. The summed E-state index contributed by atoms with van der Waals surface area (Å²) in [7, 11) is 7.22. The van der Waals surface area contributed by atoms with E-state index in [9.17, 15) is 4.79 Å². The first kappa shape index (κ1) is 37.6. The van der Waals surface area contributed by atoms with Crippen molar-refractivity contribution in [3.05, 3.63) is 71.1 Å². The van der Waals surface area contributed by atoms with Crippen LogP contribution in [0.25, 0.3) is 0 Å². The van der Waals surface area contributed by atoms with Gasteiger partial charge < -0.3 is 25.6 Å². The summed E-state index contributed by atoms with van der Waals surface area (Å²) in [5.74, 6) is 1.76. The highest BCUT2D eigenvalue weighted by Gasteiger charge is 2.25.